The number of anilines is 1. The SMILES string of the molecule is CCCC[C@H]1Cc2cc(OC)ccc2[C@H](C23CC(Nc4ccc(F)cc4)(C2)C3)N1C(=O)C#C[Si](C)(C)C. The number of fused-ring (bicyclic) bond motifs is 1. The van der Waals surface area contributed by atoms with Crippen LogP contribution in [0.15, 0.2) is 42.5 Å². The first-order chi connectivity index (χ1) is 17.6. The Hall–Kier alpha value is -2.78. The minimum Gasteiger partial charge on any atom is -0.497 e. The summed E-state index contributed by atoms with van der Waals surface area (Å²) in [6, 6.07) is 13.2. The first kappa shape index (κ1) is 25.8. The summed E-state index contributed by atoms with van der Waals surface area (Å²) in [5, 5.41) is 3.68. The van der Waals surface area contributed by atoms with Crippen LogP contribution in [0.5, 0.6) is 5.75 Å². The zero-order valence-corrected chi connectivity index (χ0v) is 23.8. The van der Waals surface area contributed by atoms with Crippen LogP contribution in [0.1, 0.15) is 62.6 Å². The number of nitrogens with zero attached hydrogens (tertiary/aromatic N) is 1. The fourth-order valence-corrected chi connectivity index (χ4v) is 7.37. The molecule has 4 nitrogen and oxygen atoms in total. The molecule has 0 saturated heterocycles. The van der Waals surface area contributed by atoms with Gasteiger partial charge in [-0.15, -0.1) is 5.54 Å². The first-order valence-corrected chi connectivity index (χ1v) is 17.1. The minimum atomic E-state index is -1.69. The van der Waals surface area contributed by atoms with Crippen LogP contribution in [-0.4, -0.2) is 37.6 Å². The normalized spacial score (nSPS) is 27.7. The highest BCUT2D eigenvalue weighted by atomic mass is 28.3. The summed E-state index contributed by atoms with van der Waals surface area (Å²) >= 11 is 0. The van der Waals surface area contributed by atoms with E-state index >= 15 is 0 Å². The second kappa shape index (κ2) is 9.51. The highest BCUT2D eigenvalue weighted by molar-refractivity contribution is 6.84. The van der Waals surface area contributed by atoms with E-state index in [0.29, 0.717) is 0 Å². The Morgan fingerprint density at radius 3 is 2.49 bits per heavy atom. The number of rotatable bonds is 7. The van der Waals surface area contributed by atoms with E-state index in [1.807, 2.05) is 18.2 Å². The molecule has 2 bridgehead atoms. The van der Waals surface area contributed by atoms with Crippen molar-refractivity contribution < 1.29 is 13.9 Å². The number of carbonyl (C=O) groups is 1. The zero-order chi connectivity index (χ0) is 26.4. The van der Waals surface area contributed by atoms with E-state index in [4.69, 9.17) is 4.74 Å². The predicted octanol–water partition coefficient (Wildman–Crippen LogP) is 6.73. The van der Waals surface area contributed by atoms with Gasteiger partial charge in [0.15, 0.2) is 0 Å². The summed E-state index contributed by atoms with van der Waals surface area (Å²) < 4.78 is 19.0. The zero-order valence-electron chi connectivity index (χ0n) is 22.8. The molecular formula is C31H39FN2O2Si. The van der Waals surface area contributed by atoms with Gasteiger partial charge in [-0.25, -0.2) is 4.39 Å². The molecule has 196 valence electrons. The molecule has 1 heterocycles. The topological polar surface area (TPSA) is 41.6 Å². The molecule has 3 fully saturated rings. The van der Waals surface area contributed by atoms with Gasteiger partial charge in [0.25, 0.3) is 5.91 Å². The van der Waals surface area contributed by atoms with Crippen molar-refractivity contribution in [2.75, 3.05) is 12.4 Å². The number of hydrogen-bond donors (Lipinski definition) is 1. The van der Waals surface area contributed by atoms with Crippen LogP contribution in [0.2, 0.25) is 19.6 Å². The molecular weight excluding hydrogens is 479 g/mol. The molecule has 37 heavy (non-hydrogen) atoms. The molecule has 0 unspecified atom stereocenters. The highest BCUT2D eigenvalue weighted by Crippen LogP contribution is 2.74. The van der Waals surface area contributed by atoms with Crippen molar-refractivity contribution >= 4 is 19.7 Å². The van der Waals surface area contributed by atoms with Gasteiger partial charge in [-0.2, -0.15) is 0 Å². The second-order valence-corrected chi connectivity index (χ2v) is 17.2. The third-order valence-electron chi connectivity index (χ3n) is 8.35. The Bertz CT molecular complexity index is 1220. The van der Waals surface area contributed by atoms with Crippen LogP contribution < -0.4 is 10.1 Å². The average molecular weight is 519 g/mol. The quantitative estimate of drug-likeness (QED) is 0.326. The minimum absolute atomic E-state index is 0.0136. The monoisotopic (exact) mass is 518 g/mol. The first-order valence-electron chi connectivity index (χ1n) is 13.6. The number of carbonyl (C=O) groups excluding carboxylic acids is 1. The summed E-state index contributed by atoms with van der Waals surface area (Å²) in [4.78, 5) is 16.0. The Morgan fingerprint density at radius 2 is 1.86 bits per heavy atom. The highest BCUT2D eigenvalue weighted by Gasteiger charge is 2.72. The Kier molecular flexibility index (Phi) is 6.64. The number of halogens is 1. The molecule has 6 rings (SSSR count). The van der Waals surface area contributed by atoms with Gasteiger partial charge in [-0.05, 0) is 85.5 Å². The van der Waals surface area contributed by atoms with Gasteiger partial charge in [0.05, 0.1) is 13.2 Å². The van der Waals surface area contributed by atoms with E-state index < -0.39 is 8.07 Å². The van der Waals surface area contributed by atoms with Gasteiger partial charge in [-0.1, -0.05) is 45.5 Å². The molecule has 3 aliphatic carbocycles. The predicted molar refractivity (Wildman–Crippen MR) is 150 cm³/mol. The number of methoxy groups -OCH3 is 1. The summed E-state index contributed by atoms with van der Waals surface area (Å²) in [6.07, 6.45) is 7.02. The van der Waals surface area contributed by atoms with E-state index in [2.05, 4.69) is 60.4 Å². The Balaban J connectivity index is 1.49. The number of unbranched alkanes of at least 4 members (excludes halogenated alkanes) is 1. The molecule has 2 aromatic carbocycles. The third-order valence-corrected chi connectivity index (χ3v) is 9.22. The van der Waals surface area contributed by atoms with Crippen LogP contribution in [-0.2, 0) is 11.2 Å². The summed E-state index contributed by atoms with van der Waals surface area (Å²) in [5.74, 6) is 3.73. The molecule has 1 aliphatic heterocycles. The second-order valence-electron chi connectivity index (χ2n) is 12.5. The van der Waals surface area contributed by atoms with Crippen molar-refractivity contribution in [3.8, 4) is 17.2 Å². The lowest BCUT2D eigenvalue weighted by molar-refractivity contribution is -0.186. The molecule has 2 aromatic rings. The smallest absolute Gasteiger partial charge is 0.298 e. The lowest BCUT2D eigenvalue weighted by Gasteiger charge is -2.75. The number of nitrogens with one attached hydrogen (secondary N) is 1. The third kappa shape index (κ3) is 4.91. The van der Waals surface area contributed by atoms with Crippen molar-refractivity contribution in [3.05, 3.63) is 59.4 Å². The van der Waals surface area contributed by atoms with E-state index in [1.54, 1.807) is 7.11 Å². The number of ether oxygens (including phenoxy) is 1. The lowest BCUT2D eigenvalue weighted by Crippen LogP contribution is -2.75. The van der Waals surface area contributed by atoms with Gasteiger partial charge in [0.2, 0.25) is 0 Å². The molecule has 0 aromatic heterocycles. The van der Waals surface area contributed by atoms with Crippen LogP contribution in [0.25, 0.3) is 0 Å². The standard InChI is InChI=1S/C31H39FN2O2Si/c1-6-7-8-25-17-22-18-26(36-2)13-14-27(22)29(34(25)28(35)15-16-37(3,4)5)30-19-31(20-30,21-30)33-24-11-9-23(32)10-12-24/h9-14,18,25,29,33H,6-8,17,19-21H2,1-5H3/t25-,29+,30?,31?/m0/s1. The van der Waals surface area contributed by atoms with E-state index in [9.17, 15) is 9.18 Å². The van der Waals surface area contributed by atoms with Crippen molar-refractivity contribution in [2.45, 2.75) is 89.1 Å². The van der Waals surface area contributed by atoms with Gasteiger partial charge in [0, 0.05) is 22.7 Å². The number of hydrogen-bond acceptors (Lipinski definition) is 3. The summed E-state index contributed by atoms with van der Waals surface area (Å²) in [7, 11) is 0.0241. The molecule has 6 heteroatoms. The Labute approximate surface area is 222 Å². The van der Waals surface area contributed by atoms with Gasteiger partial charge < -0.3 is 15.0 Å². The van der Waals surface area contributed by atoms with Crippen molar-refractivity contribution in [1.29, 1.82) is 0 Å². The number of benzene rings is 2. The van der Waals surface area contributed by atoms with Gasteiger partial charge in [-0.3, -0.25) is 4.79 Å². The average Bonchev–Trinajstić information content (AvgIpc) is 2.82. The van der Waals surface area contributed by atoms with Crippen LogP contribution in [0.4, 0.5) is 10.1 Å². The lowest BCUT2D eigenvalue weighted by atomic mass is 9.36. The number of amides is 1. The largest absolute Gasteiger partial charge is 0.497 e. The van der Waals surface area contributed by atoms with E-state index in [1.165, 1.54) is 23.3 Å². The molecule has 2 atom stereocenters. The fourth-order valence-electron chi connectivity index (χ4n) is 6.89. The van der Waals surface area contributed by atoms with Crippen molar-refractivity contribution in [2.24, 2.45) is 5.41 Å². The molecule has 4 aliphatic rings. The van der Waals surface area contributed by atoms with Crippen LogP contribution >= 0.6 is 0 Å². The van der Waals surface area contributed by atoms with Crippen molar-refractivity contribution in [1.82, 2.24) is 4.90 Å². The fraction of sp³-hybridized carbons (Fsp3) is 0.516. The maximum Gasteiger partial charge on any atom is 0.298 e. The van der Waals surface area contributed by atoms with Crippen molar-refractivity contribution in [3.63, 3.8) is 0 Å². The van der Waals surface area contributed by atoms with Crippen LogP contribution in [0.3, 0.4) is 0 Å². The van der Waals surface area contributed by atoms with Gasteiger partial charge >= 0.3 is 0 Å². The maximum absolute atomic E-state index is 13.9. The van der Waals surface area contributed by atoms with E-state index in [0.717, 1.165) is 56.4 Å². The van der Waals surface area contributed by atoms with Crippen LogP contribution in [0, 0.1) is 22.7 Å². The van der Waals surface area contributed by atoms with Gasteiger partial charge in [0.1, 0.15) is 19.6 Å². The summed E-state index contributed by atoms with van der Waals surface area (Å²) in [6.45, 7) is 8.76. The maximum atomic E-state index is 13.9. The molecule has 3 saturated carbocycles. The molecule has 1 amide bonds. The molecule has 0 radical (unpaired) electrons. The Morgan fingerprint density at radius 1 is 1.16 bits per heavy atom. The summed E-state index contributed by atoms with van der Waals surface area (Å²) in [5.41, 5.74) is 6.92. The molecule has 0 spiro atoms. The van der Waals surface area contributed by atoms with E-state index in [-0.39, 0.29) is 34.8 Å². The molecule has 1 N–H and O–H groups in total.